The second kappa shape index (κ2) is 7.65. The Morgan fingerprint density at radius 1 is 1.05 bits per heavy atom. The highest BCUT2D eigenvalue weighted by molar-refractivity contribution is 5.34. The quantitative estimate of drug-likeness (QED) is 0.764. The smallest absolute Gasteiger partial charge is 0.119 e. The van der Waals surface area contributed by atoms with Crippen molar-refractivity contribution in [2.75, 3.05) is 19.7 Å². The van der Waals surface area contributed by atoms with Gasteiger partial charge < -0.3 is 4.74 Å². The molecule has 2 saturated carbocycles. The summed E-state index contributed by atoms with van der Waals surface area (Å²) in [5, 5.41) is 8.81. The number of rotatable bonds is 7. The van der Waals surface area contributed by atoms with Crippen molar-refractivity contribution in [1.82, 2.24) is 4.90 Å². The van der Waals surface area contributed by atoms with Crippen LogP contribution in [0.2, 0.25) is 0 Å². The SMILES string of the molecule is N#Cc1ccc(OCCN(CC2CC2)C2CCCCC2)cc1. The van der Waals surface area contributed by atoms with Gasteiger partial charge in [0.15, 0.2) is 0 Å². The fourth-order valence-electron chi connectivity index (χ4n) is 3.41. The second-order valence-electron chi connectivity index (χ2n) is 6.71. The molecule has 0 bridgehead atoms. The maximum Gasteiger partial charge on any atom is 0.119 e. The first-order chi connectivity index (χ1) is 10.8. The lowest BCUT2D eigenvalue weighted by Gasteiger charge is -2.34. The molecule has 0 spiro atoms. The molecule has 22 heavy (non-hydrogen) atoms. The average molecular weight is 298 g/mol. The molecule has 0 unspecified atom stereocenters. The predicted octanol–water partition coefficient (Wildman–Crippen LogP) is 3.98. The Kier molecular flexibility index (Phi) is 5.34. The van der Waals surface area contributed by atoms with Crippen LogP contribution < -0.4 is 4.74 Å². The lowest BCUT2D eigenvalue weighted by molar-refractivity contribution is 0.125. The van der Waals surface area contributed by atoms with Gasteiger partial charge in [0.1, 0.15) is 12.4 Å². The van der Waals surface area contributed by atoms with Crippen molar-refractivity contribution in [3.63, 3.8) is 0 Å². The van der Waals surface area contributed by atoms with E-state index in [4.69, 9.17) is 10.00 Å². The maximum absolute atomic E-state index is 8.81. The molecule has 3 rings (SSSR count). The van der Waals surface area contributed by atoms with E-state index in [1.807, 2.05) is 24.3 Å². The summed E-state index contributed by atoms with van der Waals surface area (Å²) in [4.78, 5) is 2.68. The molecule has 0 amide bonds. The molecular weight excluding hydrogens is 272 g/mol. The molecule has 1 aromatic rings. The number of nitriles is 1. The molecule has 0 N–H and O–H groups in total. The molecule has 0 heterocycles. The third kappa shape index (κ3) is 4.48. The zero-order valence-electron chi connectivity index (χ0n) is 13.3. The largest absolute Gasteiger partial charge is 0.492 e. The van der Waals surface area contributed by atoms with Gasteiger partial charge in [-0.2, -0.15) is 5.26 Å². The molecule has 0 saturated heterocycles. The van der Waals surface area contributed by atoms with Gasteiger partial charge in [0.05, 0.1) is 11.6 Å². The van der Waals surface area contributed by atoms with Crippen LogP contribution in [0.1, 0.15) is 50.5 Å². The summed E-state index contributed by atoms with van der Waals surface area (Å²) in [7, 11) is 0. The monoisotopic (exact) mass is 298 g/mol. The van der Waals surface area contributed by atoms with E-state index in [2.05, 4.69) is 11.0 Å². The number of hydrogen-bond acceptors (Lipinski definition) is 3. The Hall–Kier alpha value is -1.53. The van der Waals surface area contributed by atoms with Gasteiger partial charge in [0, 0.05) is 19.1 Å². The fourth-order valence-corrected chi connectivity index (χ4v) is 3.41. The van der Waals surface area contributed by atoms with Gasteiger partial charge in [0.25, 0.3) is 0 Å². The molecular formula is C19H26N2O. The standard InChI is InChI=1S/C19H26N2O/c20-14-16-8-10-19(11-9-16)22-13-12-21(15-17-6-7-17)18-4-2-1-3-5-18/h8-11,17-18H,1-7,12-13,15H2. The van der Waals surface area contributed by atoms with Crippen molar-refractivity contribution >= 4 is 0 Å². The Morgan fingerprint density at radius 3 is 2.41 bits per heavy atom. The highest BCUT2D eigenvalue weighted by Gasteiger charge is 2.28. The van der Waals surface area contributed by atoms with Crippen molar-refractivity contribution in [1.29, 1.82) is 5.26 Å². The molecule has 0 aliphatic heterocycles. The number of benzene rings is 1. The van der Waals surface area contributed by atoms with Gasteiger partial charge in [-0.05, 0) is 55.9 Å². The van der Waals surface area contributed by atoms with E-state index < -0.39 is 0 Å². The highest BCUT2D eigenvalue weighted by atomic mass is 16.5. The van der Waals surface area contributed by atoms with Crippen LogP contribution in [0.25, 0.3) is 0 Å². The van der Waals surface area contributed by atoms with Gasteiger partial charge >= 0.3 is 0 Å². The van der Waals surface area contributed by atoms with Gasteiger partial charge in [-0.15, -0.1) is 0 Å². The van der Waals surface area contributed by atoms with Crippen molar-refractivity contribution in [2.45, 2.75) is 51.0 Å². The highest BCUT2D eigenvalue weighted by Crippen LogP contribution is 2.32. The van der Waals surface area contributed by atoms with Gasteiger partial charge in [-0.25, -0.2) is 0 Å². The third-order valence-corrected chi connectivity index (χ3v) is 4.91. The zero-order chi connectivity index (χ0) is 15.2. The van der Waals surface area contributed by atoms with Crippen LogP contribution in [0.15, 0.2) is 24.3 Å². The topological polar surface area (TPSA) is 36.3 Å². The minimum absolute atomic E-state index is 0.685. The Labute approximate surface area is 133 Å². The third-order valence-electron chi connectivity index (χ3n) is 4.91. The van der Waals surface area contributed by atoms with Crippen molar-refractivity contribution in [3.05, 3.63) is 29.8 Å². The van der Waals surface area contributed by atoms with E-state index in [1.54, 1.807) is 0 Å². The molecule has 0 aromatic heterocycles. The van der Waals surface area contributed by atoms with Crippen LogP contribution in [0, 0.1) is 17.2 Å². The van der Waals surface area contributed by atoms with E-state index in [1.165, 1.54) is 51.5 Å². The van der Waals surface area contributed by atoms with E-state index in [9.17, 15) is 0 Å². The number of hydrogen-bond donors (Lipinski definition) is 0. The van der Waals surface area contributed by atoms with Crippen LogP contribution in [-0.4, -0.2) is 30.6 Å². The first kappa shape index (κ1) is 15.4. The maximum atomic E-state index is 8.81. The molecule has 2 aliphatic rings. The lowest BCUT2D eigenvalue weighted by atomic mass is 9.94. The molecule has 118 valence electrons. The normalized spacial score (nSPS) is 19.1. The van der Waals surface area contributed by atoms with Crippen LogP contribution in [0.5, 0.6) is 5.75 Å². The summed E-state index contributed by atoms with van der Waals surface area (Å²) >= 11 is 0. The Balaban J connectivity index is 1.48. The van der Waals surface area contributed by atoms with Gasteiger partial charge in [0.2, 0.25) is 0 Å². The number of ether oxygens (including phenoxy) is 1. The minimum atomic E-state index is 0.685. The molecule has 0 radical (unpaired) electrons. The zero-order valence-corrected chi connectivity index (χ0v) is 13.3. The Morgan fingerprint density at radius 2 is 1.77 bits per heavy atom. The first-order valence-electron chi connectivity index (χ1n) is 8.72. The molecule has 2 fully saturated rings. The molecule has 0 atom stereocenters. The molecule has 3 heteroatoms. The first-order valence-corrected chi connectivity index (χ1v) is 8.72. The summed E-state index contributed by atoms with van der Waals surface area (Å²) in [6, 6.07) is 10.3. The number of nitrogens with zero attached hydrogens (tertiary/aromatic N) is 2. The van der Waals surface area contributed by atoms with Crippen LogP contribution >= 0.6 is 0 Å². The summed E-state index contributed by atoms with van der Waals surface area (Å²) in [5.41, 5.74) is 0.685. The van der Waals surface area contributed by atoms with E-state index in [0.717, 1.165) is 30.9 Å². The van der Waals surface area contributed by atoms with E-state index in [0.29, 0.717) is 5.56 Å². The van der Waals surface area contributed by atoms with Crippen molar-refractivity contribution < 1.29 is 4.74 Å². The predicted molar refractivity (Wildman–Crippen MR) is 87.8 cm³/mol. The van der Waals surface area contributed by atoms with Crippen LogP contribution in [0.4, 0.5) is 0 Å². The average Bonchev–Trinajstić information content (AvgIpc) is 3.39. The minimum Gasteiger partial charge on any atom is -0.492 e. The van der Waals surface area contributed by atoms with Crippen molar-refractivity contribution in [3.8, 4) is 11.8 Å². The molecule has 1 aromatic carbocycles. The van der Waals surface area contributed by atoms with Crippen LogP contribution in [-0.2, 0) is 0 Å². The fraction of sp³-hybridized carbons (Fsp3) is 0.632. The Bertz CT molecular complexity index is 495. The molecule has 3 nitrogen and oxygen atoms in total. The van der Waals surface area contributed by atoms with Crippen molar-refractivity contribution in [2.24, 2.45) is 5.92 Å². The summed E-state index contributed by atoms with van der Waals surface area (Å²) < 4.78 is 5.88. The van der Waals surface area contributed by atoms with Crippen LogP contribution in [0.3, 0.4) is 0 Å². The van der Waals surface area contributed by atoms with Gasteiger partial charge in [-0.3, -0.25) is 4.90 Å². The van der Waals surface area contributed by atoms with E-state index in [-0.39, 0.29) is 0 Å². The summed E-state index contributed by atoms with van der Waals surface area (Å²) in [6.45, 7) is 3.04. The second-order valence-corrected chi connectivity index (χ2v) is 6.71. The summed E-state index contributed by atoms with van der Waals surface area (Å²) in [6.07, 6.45) is 9.76. The molecule has 2 aliphatic carbocycles. The lowest BCUT2D eigenvalue weighted by Crippen LogP contribution is -2.40. The van der Waals surface area contributed by atoms with E-state index >= 15 is 0 Å². The van der Waals surface area contributed by atoms with Gasteiger partial charge in [-0.1, -0.05) is 19.3 Å². The summed E-state index contributed by atoms with van der Waals surface area (Å²) in [5.74, 6) is 1.81.